The molecule has 1 aliphatic heterocycles. The van der Waals surface area contributed by atoms with Crippen LogP contribution in [0.2, 0.25) is 0 Å². The minimum Gasteiger partial charge on any atom is -0.508 e. The van der Waals surface area contributed by atoms with E-state index in [2.05, 4.69) is 10.2 Å². The SMILES string of the molecule is COCC(C)NC(=O)C1CCN(Cc2ccccc2O)CC1. The molecule has 0 spiro atoms. The lowest BCUT2D eigenvalue weighted by Gasteiger charge is -2.32. The van der Waals surface area contributed by atoms with E-state index in [-0.39, 0.29) is 17.9 Å². The molecule has 1 atom stereocenters. The highest BCUT2D eigenvalue weighted by Crippen LogP contribution is 2.22. The normalized spacial score (nSPS) is 18.1. The number of para-hydroxylation sites is 1. The van der Waals surface area contributed by atoms with Crippen LogP contribution in [0.5, 0.6) is 5.75 Å². The summed E-state index contributed by atoms with van der Waals surface area (Å²) in [6.45, 7) is 4.99. The smallest absolute Gasteiger partial charge is 0.223 e. The summed E-state index contributed by atoms with van der Waals surface area (Å²) in [5, 5.41) is 12.8. The second-order valence-electron chi connectivity index (χ2n) is 6.04. The molecular formula is C17H26N2O3. The zero-order chi connectivity index (χ0) is 15.9. The highest BCUT2D eigenvalue weighted by molar-refractivity contribution is 5.79. The number of nitrogens with one attached hydrogen (secondary N) is 1. The van der Waals surface area contributed by atoms with Crippen molar-refractivity contribution < 1.29 is 14.6 Å². The third kappa shape index (κ3) is 4.71. The van der Waals surface area contributed by atoms with Crippen molar-refractivity contribution in [2.24, 2.45) is 5.92 Å². The first-order chi connectivity index (χ1) is 10.6. The zero-order valence-corrected chi connectivity index (χ0v) is 13.4. The highest BCUT2D eigenvalue weighted by atomic mass is 16.5. The Morgan fingerprint density at radius 2 is 2.09 bits per heavy atom. The number of benzene rings is 1. The predicted molar refractivity (Wildman–Crippen MR) is 85.6 cm³/mol. The third-order valence-corrected chi connectivity index (χ3v) is 4.15. The fourth-order valence-electron chi connectivity index (χ4n) is 2.89. The van der Waals surface area contributed by atoms with Crippen LogP contribution in [0.4, 0.5) is 0 Å². The van der Waals surface area contributed by atoms with Gasteiger partial charge in [-0.2, -0.15) is 0 Å². The summed E-state index contributed by atoms with van der Waals surface area (Å²) in [5.41, 5.74) is 0.944. The van der Waals surface area contributed by atoms with Gasteiger partial charge in [-0.1, -0.05) is 18.2 Å². The van der Waals surface area contributed by atoms with Crippen molar-refractivity contribution in [1.82, 2.24) is 10.2 Å². The maximum Gasteiger partial charge on any atom is 0.223 e. The molecular weight excluding hydrogens is 280 g/mol. The summed E-state index contributed by atoms with van der Waals surface area (Å²) in [6, 6.07) is 7.48. The Balaban J connectivity index is 1.78. The van der Waals surface area contributed by atoms with Gasteiger partial charge in [-0.25, -0.2) is 0 Å². The molecule has 22 heavy (non-hydrogen) atoms. The molecule has 0 aromatic heterocycles. The van der Waals surface area contributed by atoms with Crippen LogP contribution in [-0.2, 0) is 16.1 Å². The molecule has 1 unspecified atom stereocenters. The Bertz CT molecular complexity index is 485. The summed E-state index contributed by atoms with van der Waals surface area (Å²) >= 11 is 0. The average Bonchev–Trinajstić information content (AvgIpc) is 2.50. The lowest BCUT2D eigenvalue weighted by Crippen LogP contribution is -2.44. The average molecular weight is 306 g/mol. The highest BCUT2D eigenvalue weighted by Gasteiger charge is 2.25. The van der Waals surface area contributed by atoms with Gasteiger partial charge in [-0.05, 0) is 38.9 Å². The number of methoxy groups -OCH3 is 1. The molecule has 0 aliphatic carbocycles. The molecule has 1 saturated heterocycles. The fourth-order valence-corrected chi connectivity index (χ4v) is 2.89. The summed E-state index contributed by atoms with van der Waals surface area (Å²) in [4.78, 5) is 14.5. The van der Waals surface area contributed by atoms with Gasteiger partial charge in [0.05, 0.1) is 6.61 Å². The van der Waals surface area contributed by atoms with Crippen LogP contribution in [-0.4, -0.2) is 48.8 Å². The first kappa shape index (κ1) is 16.8. The number of hydrogen-bond acceptors (Lipinski definition) is 4. The number of hydrogen-bond donors (Lipinski definition) is 2. The number of amides is 1. The Labute approximate surface area is 132 Å². The van der Waals surface area contributed by atoms with Crippen LogP contribution in [0.3, 0.4) is 0 Å². The van der Waals surface area contributed by atoms with E-state index in [1.54, 1.807) is 13.2 Å². The quantitative estimate of drug-likeness (QED) is 0.840. The van der Waals surface area contributed by atoms with Gasteiger partial charge in [-0.15, -0.1) is 0 Å². The van der Waals surface area contributed by atoms with Gasteiger partial charge in [0.15, 0.2) is 0 Å². The summed E-state index contributed by atoms with van der Waals surface area (Å²) in [5.74, 6) is 0.558. The van der Waals surface area contributed by atoms with Crippen molar-refractivity contribution in [3.05, 3.63) is 29.8 Å². The molecule has 2 rings (SSSR count). The van der Waals surface area contributed by atoms with Gasteiger partial charge < -0.3 is 15.2 Å². The van der Waals surface area contributed by atoms with Crippen molar-refractivity contribution in [3.8, 4) is 5.75 Å². The Morgan fingerprint density at radius 3 is 2.73 bits per heavy atom. The first-order valence-electron chi connectivity index (χ1n) is 7.88. The van der Waals surface area contributed by atoms with E-state index >= 15 is 0 Å². The van der Waals surface area contributed by atoms with Gasteiger partial charge in [0, 0.05) is 31.2 Å². The molecule has 0 bridgehead atoms. The second-order valence-corrected chi connectivity index (χ2v) is 6.04. The van der Waals surface area contributed by atoms with E-state index in [9.17, 15) is 9.90 Å². The zero-order valence-electron chi connectivity index (χ0n) is 13.4. The molecule has 2 N–H and O–H groups in total. The van der Waals surface area contributed by atoms with Crippen LogP contribution >= 0.6 is 0 Å². The largest absolute Gasteiger partial charge is 0.508 e. The van der Waals surface area contributed by atoms with Crippen LogP contribution in [0.1, 0.15) is 25.3 Å². The van der Waals surface area contributed by atoms with Crippen molar-refractivity contribution >= 4 is 5.91 Å². The van der Waals surface area contributed by atoms with Crippen LogP contribution < -0.4 is 5.32 Å². The summed E-state index contributed by atoms with van der Waals surface area (Å²) < 4.78 is 5.04. The molecule has 1 aliphatic rings. The minimum atomic E-state index is 0.0526. The predicted octanol–water partition coefficient (Wildman–Crippen LogP) is 1.76. The van der Waals surface area contributed by atoms with Gasteiger partial charge in [0.1, 0.15) is 5.75 Å². The lowest BCUT2D eigenvalue weighted by molar-refractivity contribution is -0.127. The number of rotatable bonds is 6. The maximum atomic E-state index is 12.2. The van der Waals surface area contributed by atoms with Gasteiger partial charge in [-0.3, -0.25) is 9.69 Å². The van der Waals surface area contributed by atoms with Gasteiger partial charge in [0.2, 0.25) is 5.91 Å². The summed E-state index contributed by atoms with van der Waals surface area (Å²) in [7, 11) is 1.64. The number of phenols is 1. The maximum absolute atomic E-state index is 12.2. The molecule has 0 saturated carbocycles. The van der Waals surface area contributed by atoms with Crippen molar-refractivity contribution in [1.29, 1.82) is 0 Å². The molecule has 1 fully saturated rings. The molecule has 0 radical (unpaired) electrons. The molecule has 1 aromatic rings. The van der Waals surface area contributed by atoms with E-state index in [0.717, 1.165) is 38.0 Å². The number of carbonyl (C=O) groups excluding carboxylic acids is 1. The van der Waals surface area contributed by atoms with Crippen LogP contribution in [0, 0.1) is 5.92 Å². The monoisotopic (exact) mass is 306 g/mol. The molecule has 5 nitrogen and oxygen atoms in total. The fraction of sp³-hybridized carbons (Fsp3) is 0.588. The number of nitrogens with zero attached hydrogens (tertiary/aromatic N) is 1. The second kappa shape index (κ2) is 8.15. The Morgan fingerprint density at radius 1 is 1.41 bits per heavy atom. The number of carbonyl (C=O) groups is 1. The molecule has 122 valence electrons. The van der Waals surface area contributed by atoms with Crippen molar-refractivity contribution in [3.63, 3.8) is 0 Å². The molecule has 1 aromatic carbocycles. The minimum absolute atomic E-state index is 0.0526. The van der Waals surface area contributed by atoms with Gasteiger partial charge in [0.25, 0.3) is 0 Å². The standard InChI is InChI=1S/C17H26N2O3/c1-13(12-22-2)18-17(21)14-7-9-19(10-8-14)11-15-5-3-4-6-16(15)20/h3-6,13-14,20H,7-12H2,1-2H3,(H,18,21). The van der Waals surface area contributed by atoms with E-state index in [0.29, 0.717) is 12.4 Å². The summed E-state index contributed by atoms with van der Waals surface area (Å²) in [6.07, 6.45) is 1.72. The Kier molecular flexibility index (Phi) is 6.21. The van der Waals surface area contributed by atoms with Crippen LogP contribution in [0.15, 0.2) is 24.3 Å². The van der Waals surface area contributed by atoms with Crippen molar-refractivity contribution in [2.45, 2.75) is 32.4 Å². The van der Waals surface area contributed by atoms with Crippen LogP contribution in [0.25, 0.3) is 0 Å². The number of phenolic OH excluding ortho intramolecular Hbond substituents is 1. The van der Waals surface area contributed by atoms with E-state index in [1.165, 1.54) is 0 Å². The van der Waals surface area contributed by atoms with E-state index in [4.69, 9.17) is 4.74 Å². The van der Waals surface area contributed by atoms with E-state index in [1.807, 2.05) is 25.1 Å². The number of aromatic hydroxyl groups is 1. The molecule has 5 heteroatoms. The first-order valence-corrected chi connectivity index (χ1v) is 7.88. The van der Waals surface area contributed by atoms with Gasteiger partial charge >= 0.3 is 0 Å². The number of piperidine rings is 1. The Hall–Kier alpha value is -1.59. The number of ether oxygens (including phenoxy) is 1. The third-order valence-electron chi connectivity index (χ3n) is 4.15. The molecule has 1 amide bonds. The lowest BCUT2D eigenvalue weighted by atomic mass is 9.95. The van der Waals surface area contributed by atoms with Crippen molar-refractivity contribution in [2.75, 3.05) is 26.8 Å². The van der Waals surface area contributed by atoms with E-state index < -0.39 is 0 Å². The topological polar surface area (TPSA) is 61.8 Å². The number of likely N-dealkylation sites (tertiary alicyclic amines) is 1. The molecule has 1 heterocycles.